The van der Waals surface area contributed by atoms with E-state index in [1.54, 1.807) is 14.1 Å². The van der Waals surface area contributed by atoms with Gasteiger partial charge in [-0.2, -0.15) is 0 Å². The van der Waals surface area contributed by atoms with Gasteiger partial charge in [-0.3, -0.25) is 0 Å². The molecule has 4 heteroatoms. The first-order chi connectivity index (χ1) is 9.61. The molecule has 0 radical (unpaired) electrons. The number of nitrogens with zero attached hydrogens (tertiary/aromatic N) is 2. The van der Waals surface area contributed by atoms with E-state index in [1.165, 1.54) is 44.9 Å². The third-order valence-electron chi connectivity index (χ3n) is 4.68. The fourth-order valence-electron chi connectivity index (χ4n) is 3.25. The Labute approximate surface area is 124 Å². The number of hydroxylamine groups is 4. The van der Waals surface area contributed by atoms with Gasteiger partial charge in [0, 0.05) is 0 Å². The monoisotopic (exact) mass is 284 g/mol. The second-order valence-electron chi connectivity index (χ2n) is 6.38. The van der Waals surface area contributed by atoms with E-state index >= 15 is 0 Å². The van der Waals surface area contributed by atoms with Gasteiger partial charge in [-0.05, 0) is 51.9 Å². The Morgan fingerprint density at radius 2 is 0.850 bits per heavy atom. The van der Waals surface area contributed by atoms with E-state index in [2.05, 4.69) is 0 Å². The molecule has 1 aliphatic rings. The zero-order chi connectivity index (χ0) is 14.8. The molecule has 1 unspecified atom stereocenters. The predicted octanol–water partition coefficient (Wildman–Crippen LogP) is 4.28. The van der Waals surface area contributed by atoms with Crippen molar-refractivity contribution >= 4 is 0 Å². The number of hydrogen-bond acceptors (Lipinski definition) is 4. The molecule has 2 atom stereocenters. The summed E-state index contributed by atoms with van der Waals surface area (Å²) in [5, 5.41) is 25.5. The zero-order valence-electron chi connectivity index (χ0n) is 13.4. The molecule has 1 saturated carbocycles. The van der Waals surface area contributed by atoms with Gasteiger partial charge in [-0.15, -0.1) is 0 Å². The van der Waals surface area contributed by atoms with Gasteiger partial charge in [0.25, 0.3) is 0 Å². The highest BCUT2D eigenvalue weighted by molar-refractivity contribution is 4.74. The van der Waals surface area contributed by atoms with Gasteiger partial charge < -0.3 is 20.5 Å². The van der Waals surface area contributed by atoms with Crippen molar-refractivity contribution in [3.63, 3.8) is 0 Å². The van der Waals surface area contributed by atoms with Crippen LogP contribution in [0.15, 0.2) is 0 Å². The molecule has 0 saturated heterocycles. The maximum absolute atomic E-state index is 11.6. The largest absolute Gasteiger partial charge is 0.785 e. The molecule has 0 aliphatic heterocycles. The van der Waals surface area contributed by atoms with E-state index in [4.69, 9.17) is 0 Å². The van der Waals surface area contributed by atoms with Crippen molar-refractivity contribution in [1.29, 1.82) is 0 Å². The second-order valence-corrected chi connectivity index (χ2v) is 6.38. The number of rotatable bonds is 2. The van der Waals surface area contributed by atoms with Gasteiger partial charge in [0.05, 0.1) is 0 Å². The van der Waals surface area contributed by atoms with Crippen LogP contribution in [-0.4, -0.2) is 36.3 Å². The Balaban J connectivity index is 2.45. The van der Waals surface area contributed by atoms with Crippen molar-refractivity contribution in [1.82, 2.24) is 10.1 Å². The molecular formula is C16H32N2O2-2. The zero-order valence-corrected chi connectivity index (χ0v) is 13.4. The smallest absolute Gasteiger partial charge is 0.00282 e. The minimum absolute atomic E-state index is 0.149. The van der Waals surface area contributed by atoms with Gasteiger partial charge in [0.1, 0.15) is 0 Å². The molecule has 1 rings (SSSR count). The highest BCUT2D eigenvalue weighted by Crippen LogP contribution is 2.21. The van der Waals surface area contributed by atoms with Gasteiger partial charge in [0.15, 0.2) is 0 Å². The molecule has 0 bridgehead atoms. The van der Waals surface area contributed by atoms with Gasteiger partial charge in [-0.25, -0.2) is 0 Å². The van der Waals surface area contributed by atoms with Gasteiger partial charge >= 0.3 is 0 Å². The van der Waals surface area contributed by atoms with E-state index < -0.39 is 0 Å². The Kier molecular flexibility index (Phi) is 9.44. The first-order valence-corrected chi connectivity index (χ1v) is 8.41. The third-order valence-corrected chi connectivity index (χ3v) is 4.68. The second kappa shape index (κ2) is 10.6. The lowest BCUT2D eigenvalue weighted by molar-refractivity contribution is 0.247. The molecule has 1 fully saturated rings. The molecule has 20 heavy (non-hydrogen) atoms. The van der Waals surface area contributed by atoms with Crippen LogP contribution in [0.2, 0.25) is 0 Å². The third kappa shape index (κ3) is 7.58. The van der Waals surface area contributed by atoms with E-state index in [1.807, 2.05) is 0 Å². The topological polar surface area (TPSA) is 52.6 Å². The van der Waals surface area contributed by atoms with Crippen LogP contribution in [0.4, 0.5) is 0 Å². The van der Waals surface area contributed by atoms with Crippen LogP contribution < -0.4 is 0 Å². The van der Waals surface area contributed by atoms with Crippen molar-refractivity contribution in [3.8, 4) is 0 Å². The molecule has 0 aromatic rings. The first kappa shape index (κ1) is 17.9. The molecule has 4 nitrogen and oxygen atoms in total. The summed E-state index contributed by atoms with van der Waals surface area (Å²) in [6.07, 6.45) is 13.6. The summed E-state index contributed by atoms with van der Waals surface area (Å²) in [7, 11) is 3.29. The van der Waals surface area contributed by atoms with Crippen LogP contribution in [0, 0.1) is 10.4 Å². The van der Waals surface area contributed by atoms with E-state index in [0.29, 0.717) is 0 Å². The fraction of sp³-hybridized carbons (Fsp3) is 1.00. The van der Waals surface area contributed by atoms with Crippen LogP contribution in [-0.2, 0) is 0 Å². The molecule has 0 heterocycles. The number of hydrogen-bond donors (Lipinski definition) is 0. The average molecular weight is 284 g/mol. The quantitative estimate of drug-likeness (QED) is 0.710. The summed E-state index contributed by atoms with van der Waals surface area (Å²) < 4.78 is 0. The van der Waals surface area contributed by atoms with Crippen molar-refractivity contribution in [3.05, 3.63) is 10.4 Å². The maximum atomic E-state index is 11.6. The molecule has 0 aromatic carbocycles. The van der Waals surface area contributed by atoms with Gasteiger partial charge in [0.2, 0.25) is 0 Å². The summed E-state index contributed by atoms with van der Waals surface area (Å²) >= 11 is 0. The van der Waals surface area contributed by atoms with Crippen molar-refractivity contribution in [2.75, 3.05) is 14.1 Å². The van der Waals surface area contributed by atoms with E-state index in [9.17, 15) is 10.4 Å². The molecule has 0 amide bonds. The molecule has 0 aromatic heterocycles. The lowest BCUT2D eigenvalue weighted by Gasteiger charge is -2.36. The normalized spacial score (nSPS) is 28.5. The minimum Gasteiger partial charge on any atom is -0.785 e. The van der Waals surface area contributed by atoms with Crippen molar-refractivity contribution < 1.29 is 0 Å². The van der Waals surface area contributed by atoms with Gasteiger partial charge in [-0.1, -0.05) is 51.4 Å². The van der Waals surface area contributed by atoms with E-state index in [-0.39, 0.29) is 12.1 Å². The highest BCUT2D eigenvalue weighted by Gasteiger charge is 2.12. The summed E-state index contributed by atoms with van der Waals surface area (Å²) in [5.41, 5.74) is 0. The predicted molar refractivity (Wildman–Crippen MR) is 85.2 cm³/mol. The fourth-order valence-corrected chi connectivity index (χ4v) is 3.25. The Bertz CT molecular complexity index is 213. The summed E-state index contributed by atoms with van der Waals surface area (Å²) in [6.45, 7) is 0. The lowest BCUT2D eigenvalue weighted by Crippen LogP contribution is -2.29. The van der Waals surface area contributed by atoms with Crippen LogP contribution in [0.3, 0.4) is 0 Å². The molecule has 120 valence electrons. The van der Waals surface area contributed by atoms with Crippen LogP contribution in [0.5, 0.6) is 0 Å². The molecule has 0 N–H and O–H groups in total. The Hall–Kier alpha value is -0.160. The average Bonchev–Trinajstić information content (AvgIpc) is 2.40. The molecule has 1 aliphatic carbocycles. The van der Waals surface area contributed by atoms with Crippen molar-refractivity contribution in [2.24, 2.45) is 0 Å². The molecular weight excluding hydrogens is 252 g/mol. The summed E-state index contributed by atoms with van der Waals surface area (Å²) in [4.78, 5) is 0. The minimum atomic E-state index is 0.149. The Morgan fingerprint density at radius 1 is 0.550 bits per heavy atom. The summed E-state index contributed by atoms with van der Waals surface area (Å²) in [6, 6.07) is 0.297. The lowest BCUT2D eigenvalue weighted by atomic mass is 9.96. The molecule has 0 spiro atoms. The highest BCUT2D eigenvalue weighted by atomic mass is 16.5. The van der Waals surface area contributed by atoms with Crippen molar-refractivity contribution in [2.45, 2.75) is 89.1 Å². The van der Waals surface area contributed by atoms with Crippen LogP contribution in [0.1, 0.15) is 77.0 Å². The maximum Gasteiger partial charge on any atom is -0.00282 e. The standard InChI is InChI=1S/C16H32N2O2/c1-17(19)15-11-8-6-4-3-5-7-9-12-16(18(2)20)14-10-13-15/h15-16H,3-14H2,1-2H3/q-2/t15-,16?/m1/s1. The Morgan fingerprint density at radius 3 is 1.20 bits per heavy atom. The van der Waals surface area contributed by atoms with Crippen LogP contribution in [0.25, 0.3) is 0 Å². The first-order valence-electron chi connectivity index (χ1n) is 8.41. The SMILES string of the molecule is CN([O-])C1CCCCCCCCC[C@@H](N(C)[O-])CCC1. The van der Waals surface area contributed by atoms with Crippen LogP contribution >= 0.6 is 0 Å². The van der Waals surface area contributed by atoms with E-state index in [0.717, 1.165) is 42.2 Å². The summed E-state index contributed by atoms with van der Waals surface area (Å²) in [5.74, 6) is 0.